The van der Waals surface area contributed by atoms with E-state index in [4.69, 9.17) is 9.15 Å². The van der Waals surface area contributed by atoms with Crippen LogP contribution >= 0.6 is 11.8 Å². The number of imide groups is 1. The molecule has 1 unspecified atom stereocenters. The molecule has 0 radical (unpaired) electrons. The molecule has 0 aliphatic carbocycles. The van der Waals surface area contributed by atoms with E-state index in [9.17, 15) is 22.8 Å². The van der Waals surface area contributed by atoms with Gasteiger partial charge in [-0.25, -0.2) is 4.98 Å². The van der Waals surface area contributed by atoms with Gasteiger partial charge in [-0.1, -0.05) is 37.7 Å². The second-order valence-corrected chi connectivity index (χ2v) is 9.59. The molecular weight excluding hydrogens is 481 g/mol. The number of halogens is 3. The number of nitrogens with one attached hydrogen (secondary N) is 1. The lowest BCUT2D eigenvalue weighted by Gasteiger charge is -2.09. The summed E-state index contributed by atoms with van der Waals surface area (Å²) in [4.78, 5) is 27.5. The predicted molar refractivity (Wildman–Crippen MR) is 125 cm³/mol. The highest BCUT2D eigenvalue weighted by Crippen LogP contribution is 2.33. The van der Waals surface area contributed by atoms with Crippen molar-refractivity contribution >= 4 is 22.9 Å². The largest absolute Gasteiger partial charge is 0.487 e. The number of hydrogen-bond acceptors (Lipinski definition) is 6. The molecule has 6 nitrogen and oxygen atoms in total. The Hall–Kier alpha value is -3.27. The van der Waals surface area contributed by atoms with E-state index in [0.717, 1.165) is 29.5 Å². The van der Waals surface area contributed by atoms with E-state index in [0.29, 0.717) is 35.6 Å². The summed E-state index contributed by atoms with van der Waals surface area (Å²) in [5.41, 5.74) is 1.24. The number of amides is 2. The van der Waals surface area contributed by atoms with Crippen molar-refractivity contribution in [1.29, 1.82) is 0 Å². The van der Waals surface area contributed by atoms with Crippen molar-refractivity contribution in [3.8, 4) is 17.2 Å². The van der Waals surface area contributed by atoms with Crippen molar-refractivity contribution in [3.05, 3.63) is 71.1 Å². The van der Waals surface area contributed by atoms with Gasteiger partial charge in [0.2, 0.25) is 11.8 Å². The third-order valence-electron chi connectivity index (χ3n) is 5.45. The van der Waals surface area contributed by atoms with Crippen LogP contribution in [-0.4, -0.2) is 21.4 Å². The number of aryl methyl sites for hydroxylation is 1. The number of oxazole rings is 1. The number of aromatic nitrogens is 1. The average molecular weight is 505 g/mol. The lowest BCUT2D eigenvalue weighted by molar-refractivity contribution is -0.137. The fourth-order valence-corrected chi connectivity index (χ4v) is 4.49. The lowest BCUT2D eigenvalue weighted by atomic mass is 10.1. The van der Waals surface area contributed by atoms with Gasteiger partial charge in [-0.2, -0.15) is 13.2 Å². The molecule has 1 N–H and O–H groups in total. The molecule has 4 rings (SSSR count). The Labute approximate surface area is 204 Å². The maximum atomic E-state index is 12.9. The highest BCUT2D eigenvalue weighted by Gasteiger charge is 2.31. The molecule has 10 heteroatoms. The first-order chi connectivity index (χ1) is 16.6. The second kappa shape index (κ2) is 10.2. The van der Waals surface area contributed by atoms with Gasteiger partial charge in [0, 0.05) is 11.5 Å². The van der Waals surface area contributed by atoms with Gasteiger partial charge in [0.15, 0.2) is 0 Å². The molecule has 1 saturated heterocycles. The monoisotopic (exact) mass is 504 g/mol. The van der Waals surface area contributed by atoms with Gasteiger partial charge in [-0.3, -0.25) is 14.9 Å². The Morgan fingerprint density at radius 3 is 2.51 bits per heavy atom. The zero-order valence-electron chi connectivity index (χ0n) is 19.0. The number of thioether (sulfide) groups is 1. The zero-order valence-corrected chi connectivity index (χ0v) is 19.8. The number of rotatable bonds is 8. The molecule has 1 atom stereocenters. The van der Waals surface area contributed by atoms with Crippen molar-refractivity contribution in [3.63, 3.8) is 0 Å². The van der Waals surface area contributed by atoms with Crippen LogP contribution in [0.3, 0.4) is 0 Å². The number of carbonyl (C=O) groups is 2. The van der Waals surface area contributed by atoms with Gasteiger partial charge in [0.05, 0.1) is 10.8 Å². The van der Waals surface area contributed by atoms with Crippen molar-refractivity contribution in [1.82, 2.24) is 10.3 Å². The SMILES string of the molecule is CC(C)c1oc(-c2ccc(C(F)(F)F)cc2)nc1COc1cccc(CCC2SC(=O)NC2=O)c1. The maximum absolute atomic E-state index is 12.9. The van der Waals surface area contributed by atoms with Gasteiger partial charge in [-0.15, -0.1) is 0 Å². The van der Waals surface area contributed by atoms with Gasteiger partial charge >= 0.3 is 6.18 Å². The molecular formula is C25H23F3N2O4S. The number of carbonyl (C=O) groups excluding carboxylic acids is 2. The van der Waals surface area contributed by atoms with E-state index in [-0.39, 0.29) is 34.8 Å². The van der Waals surface area contributed by atoms with E-state index in [1.165, 1.54) is 12.1 Å². The summed E-state index contributed by atoms with van der Waals surface area (Å²) in [7, 11) is 0. The third kappa shape index (κ3) is 6.05. The van der Waals surface area contributed by atoms with Crippen LogP contribution in [0, 0.1) is 0 Å². The van der Waals surface area contributed by atoms with Crippen LogP contribution in [0.5, 0.6) is 5.75 Å². The summed E-state index contributed by atoms with van der Waals surface area (Å²) in [6.45, 7) is 3.99. The Morgan fingerprint density at radius 1 is 1.14 bits per heavy atom. The molecule has 1 aromatic heterocycles. The molecule has 2 aromatic carbocycles. The molecule has 1 aliphatic heterocycles. The topological polar surface area (TPSA) is 81.4 Å². The Morgan fingerprint density at radius 2 is 1.89 bits per heavy atom. The average Bonchev–Trinajstić information content (AvgIpc) is 3.38. The summed E-state index contributed by atoms with van der Waals surface area (Å²) in [5, 5.41) is 1.58. The first-order valence-electron chi connectivity index (χ1n) is 11.0. The number of hydrogen-bond donors (Lipinski definition) is 1. The highest BCUT2D eigenvalue weighted by atomic mass is 32.2. The van der Waals surface area contributed by atoms with Crippen LogP contribution < -0.4 is 10.1 Å². The number of ether oxygens (including phenoxy) is 1. The van der Waals surface area contributed by atoms with Gasteiger partial charge in [-0.05, 0) is 54.8 Å². The highest BCUT2D eigenvalue weighted by molar-refractivity contribution is 8.15. The van der Waals surface area contributed by atoms with E-state index in [1.54, 1.807) is 6.07 Å². The Balaban J connectivity index is 1.44. The summed E-state index contributed by atoms with van der Waals surface area (Å²) < 4.78 is 50.4. The van der Waals surface area contributed by atoms with Gasteiger partial charge in [0.25, 0.3) is 5.24 Å². The fraction of sp³-hybridized carbons (Fsp3) is 0.320. The minimum Gasteiger partial charge on any atom is -0.487 e. The van der Waals surface area contributed by atoms with E-state index in [1.807, 2.05) is 32.0 Å². The lowest BCUT2D eigenvalue weighted by Crippen LogP contribution is -2.24. The third-order valence-corrected chi connectivity index (χ3v) is 6.50. The van der Waals surface area contributed by atoms with Crippen molar-refractivity contribution in [2.24, 2.45) is 0 Å². The van der Waals surface area contributed by atoms with Gasteiger partial charge in [0.1, 0.15) is 23.8 Å². The fourth-order valence-electron chi connectivity index (χ4n) is 3.67. The summed E-state index contributed by atoms with van der Waals surface area (Å²) in [6, 6.07) is 12.1. The number of nitrogens with zero attached hydrogens (tertiary/aromatic N) is 1. The first kappa shape index (κ1) is 24.8. The first-order valence-corrected chi connectivity index (χ1v) is 11.9. The second-order valence-electron chi connectivity index (χ2n) is 8.42. The zero-order chi connectivity index (χ0) is 25.2. The molecule has 0 spiro atoms. The molecule has 35 heavy (non-hydrogen) atoms. The molecule has 184 valence electrons. The normalized spacial score (nSPS) is 16.1. The van der Waals surface area contributed by atoms with Crippen molar-refractivity contribution < 1.29 is 31.9 Å². The van der Waals surface area contributed by atoms with Crippen LogP contribution in [0.1, 0.15) is 48.8 Å². The smallest absolute Gasteiger partial charge is 0.416 e. The summed E-state index contributed by atoms with van der Waals surface area (Å²) in [6.07, 6.45) is -3.27. The van der Waals surface area contributed by atoms with Crippen LogP contribution in [0.15, 0.2) is 52.9 Å². The van der Waals surface area contributed by atoms with Crippen LogP contribution in [0.2, 0.25) is 0 Å². The van der Waals surface area contributed by atoms with Crippen LogP contribution in [0.4, 0.5) is 18.0 Å². The number of alkyl halides is 3. The summed E-state index contributed by atoms with van der Waals surface area (Å²) >= 11 is 1.01. The molecule has 0 saturated carbocycles. The Kier molecular flexibility index (Phi) is 7.20. The molecule has 2 amide bonds. The maximum Gasteiger partial charge on any atom is 0.416 e. The molecule has 3 aromatic rings. The molecule has 2 heterocycles. The van der Waals surface area contributed by atoms with E-state index < -0.39 is 11.7 Å². The van der Waals surface area contributed by atoms with Gasteiger partial charge < -0.3 is 9.15 Å². The summed E-state index contributed by atoms with van der Waals surface area (Å²) in [5.74, 6) is 1.18. The predicted octanol–water partition coefficient (Wildman–Crippen LogP) is 6.35. The van der Waals surface area contributed by atoms with Crippen molar-refractivity contribution in [2.45, 2.75) is 50.6 Å². The quantitative estimate of drug-likeness (QED) is 0.385. The van der Waals surface area contributed by atoms with Crippen molar-refractivity contribution in [2.75, 3.05) is 0 Å². The minimum absolute atomic E-state index is 0.00611. The molecule has 1 aliphatic rings. The van der Waals surface area contributed by atoms with Crippen LogP contribution in [0.25, 0.3) is 11.5 Å². The van der Waals surface area contributed by atoms with E-state index in [2.05, 4.69) is 10.3 Å². The van der Waals surface area contributed by atoms with E-state index >= 15 is 0 Å². The Bertz CT molecular complexity index is 1220. The molecule has 1 fully saturated rings. The number of benzene rings is 2. The van der Waals surface area contributed by atoms with Crippen LogP contribution in [-0.2, 0) is 24.0 Å². The minimum atomic E-state index is -4.41. The standard InChI is InChI=1S/C25H23F3N2O4S/c1-14(2)21-19(29-23(34-21)16-7-9-17(10-8-16)25(26,27)28)13-33-18-5-3-4-15(12-18)6-11-20-22(31)30-24(32)35-20/h3-5,7-10,12,14,20H,6,11,13H2,1-2H3,(H,30,31,32). The molecule has 0 bridgehead atoms.